The molecule has 0 radical (unpaired) electrons. The number of aryl methyl sites for hydroxylation is 1. The molecule has 0 unspecified atom stereocenters. The number of anilines is 1. The molecule has 1 aliphatic heterocycles. The standard InChI is InChI=1S/C26H34FN3O5/c1-6-15-9-10-29(13-20(15)28-25(34)35-26(3,4)5)22-14(2)21-17(16-7-8-16)11-18(24(32)33)23(31)30(21)12-19(22)27/h11-12,15-16,20H,6-10,13H2,1-5H3,(H,28,34)(H,32,33)/t15-,20-/m1/s1. The van der Waals surface area contributed by atoms with Crippen LogP contribution in [0.5, 0.6) is 0 Å². The number of amides is 1. The van der Waals surface area contributed by atoms with Gasteiger partial charge in [-0.25, -0.2) is 14.0 Å². The summed E-state index contributed by atoms with van der Waals surface area (Å²) in [4.78, 5) is 38.9. The van der Waals surface area contributed by atoms with Crippen molar-refractivity contribution >= 4 is 23.3 Å². The average molecular weight is 488 g/mol. The van der Waals surface area contributed by atoms with Crippen molar-refractivity contribution in [3.8, 4) is 0 Å². The molecule has 0 aromatic carbocycles. The second-order valence-corrected chi connectivity index (χ2v) is 10.7. The van der Waals surface area contributed by atoms with Gasteiger partial charge in [-0.1, -0.05) is 13.3 Å². The number of carboxylic acids is 1. The lowest BCUT2D eigenvalue weighted by Crippen LogP contribution is -2.53. The minimum Gasteiger partial charge on any atom is -0.477 e. The molecule has 1 saturated heterocycles. The van der Waals surface area contributed by atoms with Crippen LogP contribution in [0.3, 0.4) is 0 Å². The number of aromatic carboxylic acids is 1. The van der Waals surface area contributed by atoms with Crippen LogP contribution in [0.25, 0.3) is 5.52 Å². The van der Waals surface area contributed by atoms with Gasteiger partial charge in [-0.05, 0) is 76.0 Å². The van der Waals surface area contributed by atoms with Crippen molar-refractivity contribution in [2.24, 2.45) is 5.92 Å². The number of nitrogens with zero attached hydrogens (tertiary/aromatic N) is 2. The largest absolute Gasteiger partial charge is 0.477 e. The third-order valence-corrected chi connectivity index (χ3v) is 6.99. The van der Waals surface area contributed by atoms with E-state index >= 15 is 4.39 Å². The van der Waals surface area contributed by atoms with Crippen LogP contribution in [0.4, 0.5) is 14.9 Å². The van der Waals surface area contributed by atoms with Gasteiger partial charge in [-0.15, -0.1) is 0 Å². The number of nitrogens with one attached hydrogen (secondary N) is 1. The van der Waals surface area contributed by atoms with E-state index in [9.17, 15) is 19.5 Å². The average Bonchev–Trinajstić information content (AvgIpc) is 3.58. The lowest BCUT2D eigenvalue weighted by molar-refractivity contribution is 0.0478. The topological polar surface area (TPSA) is 100 Å². The predicted molar refractivity (Wildman–Crippen MR) is 131 cm³/mol. The molecular formula is C26H34FN3O5. The summed E-state index contributed by atoms with van der Waals surface area (Å²) in [6.07, 6.45) is 4.06. The Morgan fingerprint density at radius 3 is 2.51 bits per heavy atom. The van der Waals surface area contributed by atoms with Crippen LogP contribution in [-0.4, -0.2) is 46.3 Å². The van der Waals surface area contributed by atoms with E-state index in [1.165, 1.54) is 6.07 Å². The highest BCUT2D eigenvalue weighted by Gasteiger charge is 2.34. The number of pyridine rings is 2. The Morgan fingerprint density at radius 1 is 1.26 bits per heavy atom. The van der Waals surface area contributed by atoms with Gasteiger partial charge in [0.05, 0.1) is 23.4 Å². The number of fused-ring (bicyclic) bond motifs is 1. The van der Waals surface area contributed by atoms with Gasteiger partial charge in [-0.3, -0.25) is 9.20 Å². The summed E-state index contributed by atoms with van der Waals surface area (Å²) < 4.78 is 22.2. The van der Waals surface area contributed by atoms with Gasteiger partial charge in [-0.2, -0.15) is 0 Å². The van der Waals surface area contributed by atoms with Gasteiger partial charge in [0.1, 0.15) is 11.2 Å². The summed E-state index contributed by atoms with van der Waals surface area (Å²) in [7, 11) is 0. The molecule has 190 valence electrons. The van der Waals surface area contributed by atoms with Gasteiger partial charge < -0.3 is 20.1 Å². The number of piperidine rings is 1. The van der Waals surface area contributed by atoms with Gasteiger partial charge in [0.2, 0.25) is 0 Å². The summed E-state index contributed by atoms with van der Waals surface area (Å²) in [5.74, 6) is -1.52. The van der Waals surface area contributed by atoms with Gasteiger partial charge in [0.15, 0.2) is 5.82 Å². The molecule has 8 nitrogen and oxygen atoms in total. The van der Waals surface area contributed by atoms with E-state index in [2.05, 4.69) is 12.2 Å². The first-order valence-electron chi connectivity index (χ1n) is 12.3. The van der Waals surface area contributed by atoms with Crippen molar-refractivity contribution < 1.29 is 23.8 Å². The molecule has 1 amide bonds. The van der Waals surface area contributed by atoms with Crippen molar-refractivity contribution in [3.05, 3.63) is 45.1 Å². The number of halogens is 1. The van der Waals surface area contributed by atoms with Gasteiger partial charge >= 0.3 is 12.1 Å². The molecule has 9 heteroatoms. The van der Waals surface area contributed by atoms with Crippen LogP contribution in [0.2, 0.25) is 0 Å². The zero-order chi connectivity index (χ0) is 25.7. The van der Waals surface area contributed by atoms with E-state index in [1.807, 2.05) is 4.90 Å². The fourth-order valence-corrected chi connectivity index (χ4v) is 5.20. The van der Waals surface area contributed by atoms with E-state index < -0.39 is 29.0 Å². The lowest BCUT2D eigenvalue weighted by atomic mass is 9.88. The highest BCUT2D eigenvalue weighted by Crippen LogP contribution is 2.44. The molecule has 0 spiro atoms. The zero-order valence-electron chi connectivity index (χ0n) is 21.0. The summed E-state index contributed by atoms with van der Waals surface area (Å²) in [6.45, 7) is 10.3. The van der Waals surface area contributed by atoms with Crippen LogP contribution in [0.1, 0.15) is 80.8 Å². The molecule has 3 heterocycles. The van der Waals surface area contributed by atoms with Crippen molar-refractivity contribution in [2.75, 3.05) is 18.0 Å². The SMILES string of the molecule is CC[C@@H]1CCN(c2c(F)cn3c(=O)c(C(=O)O)cc(C4CC4)c3c2C)C[C@H]1NC(=O)OC(C)(C)C. The first kappa shape index (κ1) is 25.0. The first-order valence-corrected chi connectivity index (χ1v) is 12.3. The molecule has 2 fully saturated rings. The fraction of sp³-hybridized carbons (Fsp3) is 0.577. The fourth-order valence-electron chi connectivity index (χ4n) is 5.20. The van der Waals surface area contributed by atoms with Crippen molar-refractivity contribution in [2.45, 2.75) is 77.9 Å². The number of aromatic nitrogens is 1. The Balaban J connectivity index is 1.74. The zero-order valence-corrected chi connectivity index (χ0v) is 21.0. The molecule has 1 saturated carbocycles. The Hall–Kier alpha value is -3.10. The lowest BCUT2D eigenvalue weighted by Gasteiger charge is -2.40. The molecule has 0 bridgehead atoms. The van der Waals surface area contributed by atoms with E-state index in [4.69, 9.17) is 4.74 Å². The first-order chi connectivity index (χ1) is 16.4. The van der Waals surface area contributed by atoms with Crippen LogP contribution in [0.15, 0.2) is 17.1 Å². The maximum atomic E-state index is 15.6. The number of ether oxygens (including phenoxy) is 1. The Bertz CT molecular complexity index is 1230. The number of alkyl carbamates (subject to hydrolysis) is 1. The molecule has 2 aromatic rings. The summed E-state index contributed by atoms with van der Waals surface area (Å²) in [6, 6.07) is 1.24. The molecular weight excluding hydrogens is 453 g/mol. The predicted octanol–water partition coefficient (Wildman–Crippen LogP) is 4.45. The maximum Gasteiger partial charge on any atom is 0.407 e. The van der Waals surface area contributed by atoms with Crippen LogP contribution in [0, 0.1) is 18.7 Å². The molecule has 1 aliphatic carbocycles. The minimum atomic E-state index is -1.31. The van der Waals surface area contributed by atoms with E-state index in [1.54, 1.807) is 27.7 Å². The summed E-state index contributed by atoms with van der Waals surface area (Å²) >= 11 is 0. The Morgan fingerprint density at radius 2 is 1.94 bits per heavy atom. The molecule has 2 aliphatic rings. The number of carbonyl (C=O) groups is 2. The molecule has 4 rings (SSSR count). The van der Waals surface area contributed by atoms with Crippen molar-refractivity contribution in [1.29, 1.82) is 0 Å². The number of hydrogen-bond acceptors (Lipinski definition) is 5. The van der Waals surface area contributed by atoms with Crippen LogP contribution in [-0.2, 0) is 4.74 Å². The molecule has 2 atom stereocenters. The van der Waals surface area contributed by atoms with E-state index in [0.717, 1.165) is 41.8 Å². The third kappa shape index (κ3) is 4.99. The quantitative estimate of drug-likeness (QED) is 0.646. The minimum absolute atomic E-state index is 0.160. The van der Waals surface area contributed by atoms with Crippen LogP contribution < -0.4 is 15.8 Å². The summed E-state index contributed by atoms with van der Waals surface area (Å²) in [5, 5.41) is 12.5. The van der Waals surface area contributed by atoms with Gasteiger partial charge in [0, 0.05) is 13.1 Å². The highest BCUT2D eigenvalue weighted by molar-refractivity contribution is 5.89. The second kappa shape index (κ2) is 9.17. The monoisotopic (exact) mass is 487 g/mol. The normalized spacial score (nSPS) is 20.7. The van der Waals surface area contributed by atoms with E-state index in [0.29, 0.717) is 29.9 Å². The number of carboxylic acid groups (broad SMARTS) is 1. The highest BCUT2D eigenvalue weighted by atomic mass is 19.1. The maximum absolute atomic E-state index is 15.6. The molecule has 2 aromatic heterocycles. The van der Waals surface area contributed by atoms with Gasteiger partial charge in [0.25, 0.3) is 5.56 Å². The molecule has 35 heavy (non-hydrogen) atoms. The molecule has 2 N–H and O–H groups in total. The van der Waals surface area contributed by atoms with E-state index in [-0.39, 0.29) is 23.4 Å². The number of hydrogen-bond donors (Lipinski definition) is 2. The third-order valence-electron chi connectivity index (χ3n) is 6.99. The Labute approximate surface area is 204 Å². The smallest absolute Gasteiger partial charge is 0.407 e. The number of carbonyl (C=O) groups excluding carboxylic acids is 1. The number of rotatable bonds is 5. The Kier molecular flexibility index (Phi) is 6.55. The van der Waals surface area contributed by atoms with Crippen molar-refractivity contribution in [3.63, 3.8) is 0 Å². The van der Waals surface area contributed by atoms with Crippen molar-refractivity contribution in [1.82, 2.24) is 9.72 Å². The van der Waals surface area contributed by atoms with Crippen LogP contribution >= 0.6 is 0 Å². The second-order valence-electron chi connectivity index (χ2n) is 10.7. The summed E-state index contributed by atoms with van der Waals surface area (Å²) in [5.41, 5.74) is 0.635.